The molecule has 0 bridgehead atoms. The third-order valence-electron chi connectivity index (χ3n) is 14.9. The minimum absolute atomic E-state index is 1.37. The van der Waals surface area contributed by atoms with Gasteiger partial charge in [0, 0.05) is 0 Å². The maximum Gasteiger partial charge on any atom is 0.0786 e. The summed E-state index contributed by atoms with van der Waals surface area (Å²) < 4.78 is 1.49. The molecule has 0 aromatic heterocycles. The molecule has 1 heteroatoms. The predicted octanol–water partition coefficient (Wildman–Crippen LogP) is 22.2. The van der Waals surface area contributed by atoms with Crippen LogP contribution < -0.4 is 0 Å². The monoisotopic (exact) mass is 859 g/mol. The molecular weight excluding hydrogens is 735 g/mol. The van der Waals surface area contributed by atoms with Crippen LogP contribution in [0.1, 0.15) is 362 Å². The van der Waals surface area contributed by atoms with Crippen molar-refractivity contribution < 1.29 is 4.48 Å². The highest BCUT2D eigenvalue weighted by Crippen LogP contribution is 2.22. The highest BCUT2D eigenvalue weighted by atomic mass is 15.3. The van der Waals surface area contributed by atoms with Crippen molar-refractivity contribution in [3.8, 4) is 0 Å². The Kier molecular flexibility index (Phi) is 54.3. The van der Waals surface area contributed by atoms with Gasteiger partial charge in [-0.1, -0.05) is 310 Å². The van der Waals surface area contributed by atoms with Gasteiger partial charge in [0.2, 0.25) is 0 Å². The van der Waals surface area contributed by atoms with Crippen LogP contribution in [-0.2, 0) is 0 Å². The van der Waals surface area contributed by atoms with Crippen molar-refractivity contribution in [1.82, 2.24) is 0 Å². The average molecular weight is 860 g/mol. The highest BCUT2D eigenvalue weighted by Gasteiger charge is 2.25. The van der Waals surface area contributed by atoms with E-state index in [1.54, 1.807) is 0 Å². The molecule has 0 fully saturated rings. The van der Waals surface area contributed by atoms with Crippen molar-refractivity contribution in [3.63, 3.8) is 0 Å². The molecule has 0 aliphatic heterocycles. The van der Waals surface area contributed by atoms with Crippen LogP contribution >= 0.6 is 0 Å². The Morgan fingerprint density at radius 2 is 0.230 bits per heavy atom. The van der Waals surface area contributed by atoms with Gasteiger partial charge in [-0.15, -0.1) is 0 Å². The molecule has 0 N–H and O–H groups in total. The molecule has 0 unspecified atom stereocenters. The molecule has 0 aliphatic carbocycles. The van der Waals surface area contributed by atoms with Crippen molar-refractivity contribution in [2.24, 2.45) is 0 Å². The van der Waals surface area contributed by atoms with Gasteiger partial charge in [-0.2, -0.15) is 0 Å². The molecule has 61 heavy (non-hydrogen) atoms. The molecule has 0 aromatic rings. The fourth-order valence-electron chi connectivity index (χ4n) is 10.5. The van der Waals surface area contributed by atoms with E-state index in [-0.39, 0.29) is 0 Å². The summed E-state index contributed by atoms with van der Waals surface area (Å²) in [4.78, 5) is 0. The van der Waals surface area contributed by atoms with Gasteiger partial charge < -0.3 is 4.48 Å². The lowest BCUT2D eigenvalue weighted by atomic mass is 10.0. The van der Waals surface area contributed by atoms with Crippen LogP contribution in [-0.4, -0.2) is 30.7 Å². The molecule has 0 atom stereocenters. The van der Waals surface area contributed by atoms with Gasteiger partial charge in [-0.3, -0.25) is 0 Å². The fraction of sp³-hybridized carbons (Fsp3) is 1.00. The zero-order chi connectivity index (χ0) is 44.1. The molecule has 0 radical (unpaired) electrons. The van der Waals surface area contributed by atoms with Crippen molar-refractivity contribution in [2.45, 2.75) is 362 Å². The second-order valence-electron chi connectivity index (χ2n) is 21.2. The van der Waals surface area contributed by atoms with Crippen LogP contribution in [0.4, 0.5) is 0 Å². The van der Waals surface area contributed by atoms with Crippen molar-refractivity contribution in [2.75, 3.05) is 26.2 Å². The van der Waals surface area contributed by atoms with E-state index >= 15 is 0 Å². The normalized spacial score (nSPS) is 12.0. The predicted molar refractivity (Wildman–Crippen MR) is 283 cm³/mol. The van der Waals surface area contributed by atoms with Crippen molar-refractivity contribution in [1.29, 1.82) is 0 Å². The summed E-state index contributed by atoms with van der Waals surface area (Å²) in [6.07, 6.45) is 76.7. The third-order valence-corrected chi connectivity index (χ3v) is 14.9. The first-order valence-electron chi connectivity index (χ1n) is 30.1. The Bertz CT molecular complexity index is 665. The Hall–Kier alpha value is -0.0400. The molecule has 0 amide bonds. The number of quaternary nitrogens is 1. The minimum Gasteiger partial charge on any atom is -0.324 e. The van der Waals surface area contributed by atoms with Crippen LogP contribution in [0.2, 0.25) is 0 Å². The fourth-order valence-corrected chi connectivity index (χ4v) is 10.5. The topological polar surface area (TPSA) is 0 Å². The first kappa shape index (κ1) is 61.0. The van der Waals surface area contributed by atoms with Crippen LogP contribution in [0.25, 0.3) is 0 Å². The molecule has 0 heterocycles. The van der Waals surface area contributed by atoms with E-state index in [4.69, 9.17) is 0 Å². The largest absolute Gasteiger partial charge is 0.324 e. The lowest BCUT2D eigenvalue weighted by Gasteiger charge is -2.40. The van der Waals surface area contributed by atoms with E-state index in [2.05, 4.69) is 27.7 Å². The average Bonchev–Trinajstić information content (AvgIpc) is 3.27. The lowest BCUT2D eigenvalue weighted by molar-refractivity contribution is -0.929. The Morgan fingerprint density at radius 3 is 0.344 bits per heavy atom. The second-order valence-corrected chi connectivity index (χ2v) is 21.2. The molecule has 0 saturated heterocycles. The summed E-state index contributed by atoms with van der Waals surface area (Å²) in [5.41, 5.74) is 0. The molecule has 0 saturated carbocycles. The van der Waals surface area contributed by atoms with Gasteiger partial charge >= 0.3 is 0 Å². The number of nitrogens with zero attached hydrogens (tertiary/aromatic N) is 1. The van der Waals surface area contributed by atoms with Gasteiger partial charge in [0.15, 0.2) is 0 Å². The van der Waals surface area contributed by atoms with Gasteiger partial charge in [-0.25, -0.2) is 0 Å². The first-order chi connectivity index (χ1) is 30.2. The molecule has 0 spiro atoms. The maximum absolute atomic E-state index is 2.34. The quantitative estimate of drug-likeness (QED) is 0.0422. The Morgan fingerprint density at radius 1 is 0.131 bits per heavy atom. The maximum atomic E-state index is 2.34. The van der Waals surface area contributed by atoms with Gasteiger partial charge in [-0.05, 0) is 51.4 Å². The third kappa shape index (κ3) is 49.2. The lowest BCUT2D eigenvalue weighted by Crippen LogP contribution is -2.50. The summed E-state index contributed by atoms with van der Waals surface area (Å²) in [6.45, 7) is 15.3. The molecule has 0 rings (SSSR count). The number of unbranched alkanes of at least 4 members (excludes halogenated alkanes) is 48. The van der Waals surface area contributed by atoms with E-state index < -0.39 is 0 Å². The standard InChI is InChI=1S/C60H124N/c1-5-9-13-17-21-25-29-32-35-38-42-46-50-54-58-61(57-53-49-45-41-28-24-20-16-12-8-4,59-55-51-47-43-39-36-33-30-26-22-18-14-10-6-2)60-56-52-48-44-40-37-34-31-27-23-19-15-11-7-3/h5-60H2,1-4H3/q+1. The van der Waals surface area contributed by atoms with E-state index in [1.807, 2.05) is 0 Å². The van der Waals surface area contributed by atoms with E-state index in [0.29, 0.717) is 0 Å². The van der Waals surface area contributed by atoms with E-state index in [9.17, 15) is 0 Å². The summed E-state index contributed by atoms with van der Waals surface area (Å²) in [7, 11) is 0. The van der Waals surface area contributed by atoms with E-state index in [1.165, 1.54) is 365 Å². The van der Waals surface area contributed by atoms with Crippen molar-refractivity contribution >= 4 is 0 Å². The van der Waals surface area contributed by atoms with Crippen molar-refractivity contribution in [3.05, 3.63) is 0 Å². The van der Waals surface area contributed by atoms with Crippen LogP contribution in [0.3, 0.4) is 0 Å². The van der Waals surface area contributed by atoms with Gasteiger partial charge in [0.25, 0.3) is 0 Å². The molecule has 0 aliphatic rings. The second kappa shape index (κ2) is 54.3. The van der Waals surface area contributed by atoms with Gasteiger partial charge in [0.1, 0.15) is 0 Å². The van der Waals surface area contributed by atoms with E-state index in [0.717, 1.165) is 0 Å². The summed E-state index contributed by atoms with van der Waals surface area (Å²) in [5.74, 6) is 0. The number of hydrogen-bond acceptors (Lipinski definition) is 0. The summed E-state index contributed by atoms with van der Waals surface area (Å²) in [6, 6.07) is 0. The SMILES string of the molecule is CCCCCCCCCCCCCCCC[N+](CCCCCCCCCCCC)(CCCCCCCCCCCCCCCC)CCCCCCCCCCCCCCCC. The molecule has 1 nitrogen and oxygen atoms in total. The van der Waals surface area contributed by atoms with Crippen LogP contribution in [0.15, 0.2) is 0 Å². The summed E-state index contributed by atoms with van der Waals surface area (Å²) in [5, 5.41) is 0. The Balaban J connectivity index is 4.88. The molecule has 368 valence electrons. The summed E-state index contributed by atoms with van der Waals surface area (Å²) >= 11 is 0. The van der Waals surface area contributed by atoms with Crippen LogP contribution in [0.5, 0.6) is 0 Å². The highest BCUT2D eigenvalue weighted by molar-refractivity contribution is 4.57. The molecular formula is C60H124N+. The zero-order valence-corrected chi connectivity index (χ0v) is 44.0. The number of hydrogen-bond donors (Lipinski definition) is 0. The smallest absolute Gasteiger partial charge is 0.0786 e. The first-order valence-corrected chi connectivity index (χ1v) is 30.1. The Labute approximate surface area is 390 Å². The zero-order valence-electron chi connectivity index (χ0n) is 44.0. The van der Waals surface area contributed by atoms with Crippen LogP contribution in [0, 0.1) is 0 Å². The minimum atomic E-state index is 1.37. The van der Waals surface area contributed by atoms with Gasteiger partial charge in [0.05, 0.1) is 26.2 Å². The number of rotatable bonds is 56. The molecule has 0 aromatic carbocycles.